The van der Waals surface area contributed by atoms with Crippen LogP contribution in [0.15, 0.2) is 0 Å². The van der Waals surface area contributed by atoms with Gasteiger partial charge in [0.05, 0.1) is 0 Å². The molecule has 1 atom stereocenters. The van der Waals surface area contributed by atoms with Gasteiger partial charge < -0.3 is 9.90 Å². The SMILES string of the molecule is P.[In+3].[InH2].[P-3]. The zero-order valence-corrected chi connectivity index (χ0v) is 14.0. The molecule has 1 radical (unpaired) electrons. The molecule has 21 valence electrons. The molecule has 1 unspecified atom stereocenters. The van der Waals surface area contributed by atoms with Crippen molar-refractivity contribution in [1.82, 2.24) is 0 Å². The molecule has 0 aliphatic heterocycles. The number of hydrogen-bond acceptors (Lipinski definition) is 0. The molecule has 4 heteroatoms. The van der Waals surface area contributed by atoms with Crippen LogP contribution in [0.5, 0.6) is 0 Å². The Bertz CT molecular complexity index is 4.00. The van der Waals surface area contributed by atoms with Gasteiger partial charge in [-0.05, 0) is 0 Å². The molecule has 0 saturated heterocycles. The van der Waals surface area contributed by atoms with E-state index in [4.69, 9.17) is 0 Å². The van der Waals surface area contributed by atoms with Crippen molar-refractivity contribution in [1.29, 1.82) is 0 Å². The summed E-state index contributed by atoms with van der Waals surface area (Å²) in [5.74, 6) is 0. The molecule has 0 heterocycles. The van der Waals surface area contributed by atoms with Crippen molar-refractivity contribution in [3.8, 4) is 0 Å². The molecule has 0 saturated carbocycles. The summed E-state index contributed by atoms with van der Waals surface area (Å²) in [6, 6.07) is 0. The van der Waals surface area contributed by atoms with E-state index in [9.17, 15) is 0 Å². The van der Waals surface area contributed by atoms with Gasteiger partial charge in [0, 0.05) is 0 Å². The van der Waals surface area contributed by atoms with Gasteiger partial charge in [0.1, 0.15) is 0 Å². The average Bonchev–Trinajstić information content (AvgIpc) is 0. The molecule has 0 aromatic carbocycles. The molecule has 0 spiro atoms. The van der Waals surface area contributed by atoms with E-state index in [1.165, 1.54) is 0 Å². The van der Waals surface area contributed by atoms with Gasteiger partial charge in [-0.25, -0.2) is 0 Å². The Morgan fingerprint density at radius 3 is 1.00 bits per heavy atom. The smallest absolute Gasteiger partial charge is 3.00 e. The Kier molecular flexibility index (Phi) is 134. The van der Waals surface area contributed by atoms with Gasteiger partial charge in [-0.3, -0.25) is 0 Å². The molecule has 0 rings (SSSR count). The van der Waals surface area contributed by atoms with Gasteiger partial charge in [0.25, 0.3) is 0 Å². The van der Waals surface area contributed by atoms with Crippen LogP contribution in [0.3, 0.4) is 0 Å². The van der Waals surface area contributed by atoms with Crippen molar-refractivity contribution in [2.45, 2.75) is 0 Å². The number of hydrogen-bond donors (Lipinski definition) is 0. The largest absolute Gasteiger partial charge is 3.00 e. The van der Waals surface area contributed by atoms with E-state index in [2.05, 4.69) is 0 Å². The van der Waals surface area contributed by atoms with Crippen LogP contribution in [0, 0.1) is 0 Å². The van der Waals surface area contributed by atoms with E-state index in [-0.39, 0.29) is 71.5 Å². The van der Waals surface area contributed by atoms with Crippen LogP contribution >= 0.6 is 19.8 Å². The fourth-order valence-corrected chi connectivity index (χ4v) is 0. The maximum absolute atomic E-state index is 0. The molecule has 0 amide bonds. The summed E-state index contributed by atoms with van der Waals surface area (Å²) in [5, 5.41) is 0. The molecule has 0 aromatic rings. The molecule has 0 aromatic heterocycles. The maximum Gasteiger partial charge on any atom is -3.00 e. The van der Waals surface area contributed by atoms with Crippen LogP contribution < -0.4 is 0 Å². The van der Waals surface area contributed by atoms with E-state index in [0.29, 0.717) is 0 Å². The molecule has 4 heavy (non-hydrogen) atoms. The third-order valence-electron chi connectivity index (χ3n) is 0. The van der Waals surface area contributed by atoms with Gasteiger partial charge in [-0.2, -0.15) is 9.90 Å². The van der Waals surface area contributed by atoms with Gasteiger partial charge in [-0.1, -0.05) is 0 Å². The van der Waals surface area contributed by atoms with Crippen molar-refractivity contribution < 1.29 is 0 Å². The van der Waals surface area contributed by atoms with Crippen LogP contribution in [0.1, 0.15) is 0 Å². The van der Waals surface area contributed by atoms with Crippen molar-refractivity contribution in [3.05, 3.63) is 0 Å². The summed E-state index contributed by atoms with van der Waals surface area (Å²) in [6.45, 7) is 0. The topological polar surface area (TPSA) is 0 Å². The molecule has 0 nitrogen and oxygen atoms in total. The van der Waals surface area contributed by atoms with Crippen molar-refractivity contribution in [3.63, 3.8) is 0 Å². The molecule has 0 fully saturated rings. The quantitative estimate of drug-likeness (QED) is 0.535. The zero-order chi connectivity index (χ0) is 0. The first-order valence-electron chi connectivity index (χ1n) is 0. The summed E-state index contributed by atoms with van der Waals surface area (Å²) in [5.41, 5.74) is 0. The Balaban J connectivity index is 0. The zero-order valence-electron chi connectivity index (χ0n) is 2.73. The second-order valence-electron chi connectivity index (χ2n) is 0. The maximum atomic E-state index is 0. The normalized spacial score (nSPS) is 0. The van der Waals surface area contributed by atoms with Crippen molar-refractivity contribution in [2.24, 2.45) is 0 Å². The van der Waals surface area contributed by atoms with E-state index < -0.39 is 0 Å². The van der Waals surface area contributed by atoms with Gasteiger partial charge in [0.15, 0.2) is 0 Å². The molecular weight excluding hydrogens is 292 g/mol. The minimum atomic E-state index is 0. The summed E-state index contributed by atoms with van der Waals surface area (Å²) in [7, 11) is 0. The third-order valence-corrected chi connectivity index (χ3v) is 0. The second-order valence-corrected chi connectivity index (χ2v) is 0. The van der Waals surface area contributed by atoms with Crippen molar-refractivity contribution in [2.75, 3.05) is 0 Å². The number of rotatable bonds is 0. The van der Waals surface area contributed by atoms with Crippen LogP contribution in [-0.2, 0) is 0 Å². The average molecular weight is 297 g/mol. The van der Waals surface area contributed by atoms with Crippen LogP contribution in [0.2, 0.25) is 0 Å². The molecule has 0 N–H and O–H groups in total. The van der Waals surface area contributed by atoms with Gasteiger partial charge >= 0.3 is 51.7 Å². The first-order chi connectivity index (χ1) is 0. The predicted molar refractivity (Wildman–Crippen MR) is 32.3 cm³/mol. The van der Waals surface area contributed by atoms with E-state index in [1.54, 1.807) is 0 Å². The first-order valence-corrected chi connectivity index (χ1v) is 0. The monoisotopic (exact) mass is 297 g/mol. The third kappa shape index (κ3) is 8.82. The minimum Gasteiger partial charge on any atom is -3.00 e. The predicted octanol–water partition coefficient (Wildman–Crippen LogP) is -0.378. The summed E-state index contributed by atoms with van der Waals surface area (Å²) in [6.07, 6.45) is 0. The molecule has 0 aliphatic carbocycles. The Morgan fingerprint density at radius 1 is 1.00 bits per heavy atom. The Hall–Kier alpha value is 2.60. The second kappa shape index (κ2) is 17.5. The van der Waals surface area contributed by atoms with Crippen LogP contribution in [0.25, 0.3) is 0 Å². The van der Waals surface area contributed by atoms with E-state index in [0.717, 1.165) is 0 Å². The standard InChI is InChI=1S/2In.H3P.P.2H/h;;1H3;;;/q;+3;;-3;;. The summed E-state index contributed by atoms with van der Waals surface area (Å²) >= 11 is 0. The minimum absolute atomic E-state index is 0. The van der Waals surface area contributed by atoms with Gasteiger partial charge in [-0.15, -0.1) is 0 Å². The Morgan fingerprint density at radius 2 is 1.00 bits per heavy atom. The fraction of sp³-hybridized carbons (Fsp3) is 0. The van der Waals surface area contributed by atoms with Gasteiger partial charge in [0.2, 0.25) is 0 Å². The van der Waals surface area contributed by atoms with Crippen LogP contribution in [-0.4, -0.2) is 51.7 Å². The molecular formula is H5In2P2. The Labute approximate surface area is 70.7 Å². The fourth-order valence-electron chi connectivity index (χ4n) is 0. The van der Waals surface area contributed by atoms with Crippen molar-refractivity contribution >= 4 is 71.5 Å². The van der Waals surface area contributed by atoms with E-state index >= 15 is 0 Å². The van der Waals surface area contributed by atoms with Crippen LogP contribution in [0.4, 0.5) is 0 Å². The summed E-state index contributed by atoms with van der Waals surface area (Å²) < 4.78 is 0. The first kappa shape index (κ1) is 30.6. The molecule has 0 bridgehead atoms. The molecule has 0 aliphatic rings. The summed E-state index contributed by atoms with van der Waals surface area (Å²) in [4.78, 5) is 0. The van der Waals surface area contributed by atoms with E-state index in [1.807, 2.05) is 0 Å².